The number of carbonyl (C=O) groups is 1. The van der Waals surface area contributed by atoms with E-state index < -0.39 is 10.0 Å². The summed E-state index contributed by atoms with van der Waals surface area (Å²) in [7, 11) is -3.59. The molecule has 1 atom stereocenters. The van der Waals surface area contributed by atoms with Gasteiger partial charge < -0.3 is 10.1 Å². The smallest absolute Gasteiger partial charge is 0.243 e. The number of amides is 1. The van der Waals surface area contributed by atoms with E-state index in [-0.39, 0.29) is 29.1 Å². The molecule has 2 aromatic carbocycles. The number of sulfonamides is 1. The lowest BCUT2D eigenvalue weighted by Gasteiger charge is -2.30. The highest BCUT2D eigenvalue weighted by Gasteiger charge is 2.29. The van der Waals surface area contributed by atoms with Gasteiger partial charge in [0.2, 0.25) is 15.9 Å². The molecule has 1 aliphatic heterocycles. The number of hydrogen-bond acceptors (Lipinski definition) is 4. The maximum Gasteiger partial charge on any atom is 0.243 e. The maximum absolute atomic E-state index is 12.9. The topological polar surface area (TPSA) is 75.7 Å². The highest BCUT2D eigenvalue weighted by molar-refractivity contribution is 7.89. The van der Waals surface area contributed by atoms with Crippen molar-refractivity contribution in [1.82, 2.24) is 4.31 Å². The van der Waals surface area contributed by atoms with Crippen LogP contribution in [0.2, 0.25) is 0 Å². The number of morpholine rings is 1. The van der Waals surface area contributed by atoms with Crippen LogP contribution in [0, 0.1) is 5.82 Å². The van der Waals surface area contributed by atoms with Crippen molar-refractivity contribution in [1.29, 1.82) is 0 Å². The normalized spacial score (nSPS) is 18.2. The Hall–Kier alpha value is -2.29. The minimum atomic E-state index is -3.59. The van der Waals surface area contributed by atoms with Crippen LogP contribution in [0.5, 0.6) is 0 Å². The molecule has 27 heavy (non-hydrogen) atoms. The molecule has 1 N–H and O–H groups in total. The van der Waals surface area contributed by atoms with E-state index in [9.17, 15) is 17.6 Å². The Morgan fingerprint density at radius 1 is 1.19 bits per heavy atom. The van der Waals surface area contributed by atoms with Crippen LogP contribution < -0.4 is 5.32 Å². The number of nitrogens with one attached hydrogen (secondary N) is 1. The molecule has 1 heterocycles. The zero-order valence-corrected chi connectivity index (χ0v) is 15.7. The van der Waals surface area contributed by atoms with E-state index in [1.165, 1.54) is 28.6 Å². The monoisotopic (exact) mass is 392 g/mol. The molecule has 3 rings (SSSR count). The minimum absolute atomic E-state index is 0.103. The molecular formula is C19H21FN2O4S. The molecular weight excluding hydrogens is 371 g/mol. The third kappa shape index (κ3) is 4.91. The average Bonchev–Trinajstić information content (AvgIpc) is 2.64. The predicted octanol–water partition coefficient (Wildman–Crippen LogP) is 2.42. The lowest BCUT2D eigenvalue weighted by molar-refractivity contribution is -0.115. The van der Waals surface area contributed by atoms with Gasteiger partial charge in [0.1, 0.15) is 5.82 Å². The molecule has 6 nitrogen and oxygen atoms in total. The SMILES string of the molecule is CC1CN(S(=O)(=O)c2ccc(NC(=O)Cc3ccc(F)cc3)cc2)CCO1. The summed E-state index contributed by atoms with van der Waals surface area (Å²) >= 11 is 0. The fourth-order valence-corrected chi connectivity index (χ4v) is 4.36. The average molecular weight is 392 g/mol. The number of rotatable bonds is 5. The molecule has 0 bridgehead atoms. The van der Waals surface area contributed by atoms with Crippen LogP contribution in [0.4, 0.5) is 10.1 Å². The second kappa shape index (κ2) is 8.16. The van der Waals surface area contributed by atoms with Crippen molar-refractivity contribution < 1.29 is 22.3 Å². The van der Waals surface area contributed by atoms with Gasteiger partial charge in [-0.2, -0.15) is 4.31 Å². The molecule has 2 aromatic rings. The fourth-order valence-electron chi connectivity index (χ4n) is 2.86. The first kappa shape index (κ1) is 19.5. The number of anilines is 1. The van der Waals surface area contributed by atoms with Gasteiger partial charge in [-0.1, -0.05) is 12.1 Å². The highest BCUT2D eigenvalue weighted by Crippen LogP contribution is 2.21. The lowest BCUT2D eigenvalue weighted by Crippen LogP contribution is -2.44. The third-order valence-corrected chi connectivity index (χ3v) is 6.14. The summed E-state index contributed by atoms with van der Waals surface area (Å²) in [4.78, 5) is 12.3. The van der Waals surface area contributed by atoms with Crippen molar-refractivity contribution in [3.05, 3.63) is 59.9 Å². The number of nitrogens with zero attached hydrogens (tertiary/aromatic N) is 1. The first-order valence-electron chi connectivity index (χ1n) is 8.61. The van der Waals surface area contributed by atoms with Gasteiger partial charge in [0.25, 0.3) is 0 Å². The maximum atomic E-state index is 12.9. The Balaban J connectivity index is 1.64. The second-order valence-corrected chi connectivity index (χ2v) is 8.36. The van der Waals surface area contributed by atoms with Crippen molar-refractivity contribution in [2.24, 2.45) is 0 Å². The van der Waals surface area contributed by atoms with Gasteiger partial charge in [-0.25, -0.2) is 12.8 Å². The lowest BCUT2D eigenvalue weighted by atomic mass is 10.1. The molecule has 8 heteroatoms. The van der Waals surface area contributed by atoms with E-state index in [2.05, 4.69) is 5.32 Å². The number of ether oxygens (including phenoxy) is 1. The van der Waals surface area contributed by atoms with Crippen LogP contribution in [-0.4, -0.2) is 44.4 Å². The number of benzene rings is 2. The first-order chi connectivity index (χ1) is 12.8. The molecule has 144 valence electrons. The summed E-state index contributed by atoms with van der Waals surface area (Å²) in [5.41, 5.74) is 1.19. The van der Waals surface area contributed by atoms with E-state index in [4.69, 9.17) is 4.74 Å². The van der Waals surface area contributed by atoms with Gasteiger partial charge in [-0.05, 0) is 48.9 Å². The molecule has 0 radical (unpaired) electrons. The number of hydrogen-bond donors (Lipinski definition) is 1. The standard InChI is InChI=1S/C19H21FN2O4S/c1-14-13-22(10-11-26-14)27(24,25)18-8-6-17(7-9-18)21-19(23)12-15-2-4-16(20)5-3-15/h2-9,14H,10-13H2,1H3,(H,21,23). The molecule has 0 aliphatic carbocycles. The van der Waals surface area contributed by atoms with Crippen molar-refractivity contribution in [2.45, 2.75) is 24.3 Å². The Bertz CT molecular complexity index is 898. The largest absolute Gasteiger partial charge is 0.376 e. The Kier molecular flexibility index (Phi) is 5.88. The second-order valence-electron chi connectivity index (χ2n) is 6.42. The van der Waals surface area contributed by atoms with E-state index in [0.717, 1.165) is 0 Å². The summed E-state index contributed by atoms with van der Waals surface area (Å²) in [6.07, 6.45) is -0.0371. The van der Waals surface area contributed by atoms with Crippen molar-refractivity contribution >= 4 is 21.6 Å². The van der Waals surface area contributed by atoms with Crippen molar-refractivity contribution in [3.63, 3.8) is 0 Å². The van der Waals surface area contributed by atoms with Gasteiger partial charge in [0, 0.05) is 18.8 Å². The molecule has 1 aliphatic rings. The molecule has 0 saturated carbocycles. The van der Waals surface area contributed by atoms with Gasteiger partial charge in [-0.3, -0.25) is 4.79 Å². The fraction of sp³-hybridized carbons (Fsp3) is 0.316. The van der Waals surface area contributed by atoms with Gasteiger partial charge in [0.05, 0.1) is 24.0 Å². The van der Waals surface area contributed by atoms with E-state index in [1.54, 1.807) is 24.3 Å². The highest BCUT2D eigenvalue weighted by atomic mass is 32.2. The van der Waals surface area contributed by atoms with E-state index in [1.807, 2.05) is 6.92 Å². The molecule has 0 spiro atoms. The minimum Gasteiger partial charge on any atom is -0.376 e. The van der Waals surface area contributed by atoms with Gasteiger partial charge in [-0.15, -0.1) is 0 Å². The first-order valence-corrected chi connectivity index (χ1v) is 10.0. The van der Waals surface area contributed by atoms with E-state index >= 15 is 0 Å². The number of carbonyl (C=O) groups excluding carboxylic acids is 1. The molecule has 0 aromatic heterocycles. The quantitative estimate of drug-likeness (QED) is 0.848. The molecule has 1 saturated heterocycles. The van der Waals surface area contributed by atoms with Crippen LogP contribution in [0.1, 0.15) is 12.5 Å². The van der Waals surface area contributed by atoms with Crippen LogP contribution in [0.25, 0.3) is 0 Å². The van der Waals surface area contributed by atoms with Crippen LogP contribution in [-0.2, 0) is 26.0 Å². The summed E-state index contributed by atoms with van der Waals surface area (Å²) in [5, 5.41) is 2.71. The summed E-state index contributed by atoms with van der Waals surface area (Å²) < 4.78 is 45.1. The van der Waals surface area contributed by atoms with Gasteiger partial charge in [0.15, 0.2) is 0 Å². The molecule has 1 amide bonds. The van der Waals surface area contributed by atoms with Crippen LogP contribution in [0.15, 0.2) is 53.4 Å². The van der Waals surface area contributed by atoms with Crippen LogP contribution >= 0.6 is 0 Å². The third-order valence-electron chi connectivity index (χ3n) is 4.26. The predicted molar refractivity (Wildman–Crippen MR) is 99.3 cm³/mol. The number of halogens is 1. The Labute approximate surface area is 158 Å². The Morgan fingerprint density at radius 2 is 1.85 bits per heavy atom. The van der Waals surface area contributed by atoms with Crippen molar-refractivity contribution in [2.75, 3.05) is 25.0 Å². The zero-order chi connectivity index (χ0) is 19.4. The van der Waals surface area contributed by atoms with Crippen molar-refractivity contribution in [3.8, 4) is 0 Å². The summed E-state index contributed by atoms with van der Waals surface area (Å²) in [5.74, 6) is -0.621. The summed E-state index contributed by atoms with van der Waals surface area (Å²) in [6, 6.07) is 11.8. The van der Waals surface area contributed by atoms with Gasteiger partial charge >= 0.3 is 0 Å². The molecule has 1 unspecified atom stereocenters. The zero-order valence-electron chi connectivity index (χ0n) is 14.9. The van der Waals surface area contributed by atoms with Crippen LogP contribution in [0.3, 0.4) is 0 Å². The van der Waals surface area contributed by atoms with E-state index in [0.29, 0.717) is 30.9 Å². The summed E-state index contributed by atoms with van der Waals surface area (Å²) in [6.45, 7) is 2.85. The molecule has 1 fully saturated rings. The Morgan fingerprint density at radius 3 is 2.48 bits per heavy atom.